The number of hydrazine groups is 1. The molecule has 1 unspecified atom stereocenters. The molecule has 0 aliphatic carbocycles. The van der Waals surface area contributed by atoms with Crippen molar-refractivity contribution in [3.05, 3.63) is 0 Å². The van der Waals surface area contributed by atoms with Gasteiger partial charge in [0.25, 0.3) is 0 Å². The average molecular weight is 185 g/mol. The van der Waals surface area contributed by atoms with Crippen molar-refractivity contribution < 1.29 is 4.84 Å². The van der Waals surface area contributed by atoms with Crippen LogP contribution in [0, 0.1) is 5.41 Å². The molecular formula is C9H19N3O. The molecule has 0 aromatic heterocycles. The maximum absolute atomic E-state index is 7.38. The highest BCUT2D eigenvalue weighted by molar-refractivity contribution is 5.79. The number of hydrogen-bond acceptors (Lipinski definition) is 4. The van der Waals surface area contributed by atoms with Crippen molar-refractivity contribution in [1.29, 1.82) is 5.41 Å². The van der Waals surface area contributed by atoms with Gasteiger partial charge in [0.15, 0.2) is 0 Å². The summed E-state index contributed by atoms with van der Waals surface area (Å²) in [4.78, 5) is 4.89. The Morgan fingerprint density at radius 2 is 2.23 bits per heavy atom. The van der Waals surface area contributed by atoms with Gasteiger partial charge in [-0.2, -0.15) is 5.01 Å². The molecular weight excluding hydrogens is 166 g/mol. The number of nitrogens with one attached hydrogen (secondary N) is 2. The van der Waals surface area contributed by atoms with Crippen LogP contribution in [0.3, 0.4) is 0 Å². The van der Waals surface area contributed by atoms with E-state index < -0.39 is 0 Å². The molecule has 13 heavy (non-hydrogen) atoms. The van der Waals surface area contributed by atoms with Crippen LogP contribution in [0.2, 0.25) is 0 Å². The summed E-state index contributed by atoms with van der Waals surface area (Å²) in [6.45, 7) is 5.14. The molecule has 0 amide bonds. The minimum absolute atomic E-state index is 0.0848. The molecule has 1 fully saturated rings. The van der Waals surface area contributed by atoms with Crippen molar-refractivity contribution in [3.63, 3.8) is 0 Å². The first kappa shape index (κ1) is 10.5. The van der Waals surface area contributed by atoms with E-state index in [4.69, 9.17) is 10.2 Å². The van der Waals surface area contributed by atoms with E-state index in [0.717, 1.165) is 6.54 Å². The number of nitrogens with zero attached hydrogens (tertiary/aromatic N) is 1. The normalized spacial score (nSPS) is 23.5. The molecule has 76 valence electrons. The molecule has 1 aliphatic rings. The van der Waals surface area contributed by atoms with Gasteiger partial charge in [-0.15, -0.1) is 0 Å². The second-order valence-electron chi connectivity index (χ2n) is 3.49. The van der Waals surface area contributed by atoms with Gasteiger partial charge in [0.2, 0.25) is 5.90 Å². The smallest absolute Gasteiger partial charge is 0.226 e. The molecule has 0 aromatic rings. The zero-order valence-corrected chi connectivity index (χ0v) is 8.47. The standard InChI is InChI=1S/C9H19N3O/c1-3-4-5-6-7-12-8(2)9(10)13-11-12/h8,10-11H,3-7H2,1-2H3. The Morgan fingerprint density at radius 3 is 2.77 bits per heavy atom. The van der Waals surface area contributed by atoms with Crippen LogP contribution in [-0.2, 0) is 4.84 Å². The summed E-state index contributed by atoms with van der Waals surface area (Å²) in [5, 5.41) is 9.35. The van der Waals surface area contributed by atoms with Crippen molar-refractivity contribution >= 4 is 5.90 Å². The molecule has 1 aliphatic heterocycles. The molecule has 1 atom stereocenters. The van der Waals surface area contributed by atoms with Crippen molar-refractivity contribution in [3.8, 4) is 0 Å². The van der Waals surface area contributed by atoms with Crippen LogP contribution < -0.4 is 5.59 Å². The molecule has 4 heteroatoms. The lowest BCUT2D eigenvalue weighted by molar-refractivity contribution is 0.0409. The summed E-state index contributed by atoms with van der Waals surface area (Å²) in [5.74, 6) is 0.315. The van der Waals surface area contributed by atoms with Gasteiger partial charge in [0.1, 0.15) is 6.04 Å². The predicted octanol–water partition coefficient (Wildman–Crippen LogP) is 1.68. The molecule has 1 heterocycles. The van der Waals surface area contributed by atoms with Gasteiger partial charge in [-0.25, -0.2) is 0 Å². The summed E-state index contributed by atoms with van der Waals surface area (Å²) in [6, 6.07) is 0.0848. The first-order valence-corrected chi connectivity index (χ1v) is 5.03. The third-order valence-electron chi connectivity index (χ3n) is 2.37. The van der Waals surface area contributed by atoms with Crippen molar-refractivity contribution in [2.24, 2.45) is 0 Å². The van der Waals surface area contributed by atoms with E-state index in [1.54, 1.807) is 0 Å². The Kier molecular flexibility index (Phi) is 4.18. The van der Waals surface area contributed by atoms with Gasteiger partial charge in [0, 0.05) is 6.54 Å². The van der Waals surface area contributed by atoms with E-state index in [0.29, 0.717) is 5.90 Å². The fraction of sp³-hybridized carbons (Fsp3) is 0.889. The van der Waals surface area contributed by atoms with Crippen LogP contribution in [-0.4, -0.2) is 23.5 Å². The van der Waals surface area contributed by atoms with Crippen molar-refractivity contribution in [1.82, 2.24) is 10.6 Å². The summed E-state index contributed by atoms with van der Waals surface area (Å²) >= 11 is 0. The lowest BCUT2D eigenvalue weighted by atomic mass is 10.2. The van der Waals surface area contributed by atoms with Gasteiger partial charge in [0.05, 0.1) is 0 Å². The van der Waals surface area contributed by atoms with Crippen LogP contribution in [0.15, 0.2) is 0 Å². The van der Waals surface area contributed by atoms with E-state index in [2.05, 4.69) is 12.5 Å². The van der Waals surface area contributed by atoms with Gasteiger partial charge < -0.3 is 4.84 Å². The van der Waals surface area contributed by atoms with E-state index in [1.807, 2.05) is 11.9 Å². The van der Waals surface area contributed by atoms with Crippen LogP contribution >= 0.6 is 0 Å². The Hall–Kier alpha value is -0.610. The maximum atomic E-state index is 7.38. The Morgan fingerprint density at radius 1 is 1.46 bits per heavy atom. The van der Waals surface area contributed by atoms with E-state index in [-0.39, 0.29) is 6.04 Å². The first-order valence-electron chi connectivity index (χ1n) is 5.03. The highest BCUT2D eigenvalue weighted by Gasteiger charge is 2.26. The Balaban J connectivity index is 2.11. The third kappa shape index (κ3) is 2.97. The van der Waals surface area contributed by atoms with Crippen LogP contribution in [0.5, 0.6) is 0 Å². The number of unbranched alkanes of at least 4 members (excludes halogenated alkanes) is 3. The second kappa shape index (κ2) is 5.19. The number of rotatable bonds is 5. The minimum Gasteiger partial charge on any atom is -0.377 e. The highest BCUT2D eigenvalue weighted by Crippen LogP contribution is 2.08. The van der Waals surface area contributed by atoms with Crippen LogP contribution in [0.25, 0.3) is 0 Å². The monoisotopic (exact) mass is 185 g/mol. The lowest BCUT2D eigenvalue weighted by Crippen LogP contribution is -2.37. The largest absolute Gasteiger partial charge is 0.377 e. The minimum atomic E-state index is 0.0848. The average Bonchev–Trinajstić information content (AvgIpc) is 2.43. The molecule has 0 aromatic carbocycles. The highest BCUT2D eigenvalue weighted by atomic mass is 16.7. The Labute approximate surface area is 79.7 Å². The SMILES string of the molecule is CCCCCCN1NOC(=N)C1C. The molecule has 1 rings (SSSR count). The van der Waals surface area contributed by atoms with Gasteiger partial charge in [-0.05, 0) is 13.3 Å². The zero-order valence-electron chi connectivity index (χ0n) is 8.47. The summed E-state index contributed by atoms with van der Waals surface area (Å²) in [7, 11) is 0. The summed E-state index contributed by atoms with van der Waals surface area (Å²) in [6.07, 6.45) is 4.98. The summed E-state index contributed by atoms with van der Waals surface area (Å²) in [5.41, 5.74) is 2.74. The van der Waals surface area contributed by atoms with E-state index in [9.17, 15) is 0 Å². The van der Waals surface area contributed by atoms with Crippen molar-refractivity contribution in [2.45, 2.75) is 45.6 Å². The zero-order chi connectivity index (χ0) is 9.68. The van der Waals surface area contributed by atoms with Gasteiger partial charge >= 0.3 is 0 Å². The molecule has 1 saturated heterocycles. The second-order valence-corrected chi connectivity index (χ2v) is 3.49. The molecule has 2 N–H and O–H groups in total. The van der Waals surface area contributed by atoms with Crippen molar-refractivity contribution in [2.75, 3.05) is 6.54 Å². The van der Waals surface area contributed by atoms with E-state index in [1.165, 1.54) is 25.7 Å². The molecule has 0 bridgehead atoms. The molecule has 0 spiro atoms. The maximum Gasteiger partial charge on any atom is 0.226 e. The topological polar surface area (TPSA) is 48.4 Å². The fourth-order valence-corrected chi connectivity index (χ4v) is 1.36. The van der Waals surface area contributed by atoms with Crippen LogP contribution in [0.4, 0.5) is 0 Å². The quantitative estimate of drug-likeness (QED) is 0.641. The van der Waals surface area contributed by atoms with E-state index >= 15 is 0 Å². The predicted molar refractivity (Wildman–Crippen MR) is 52.3 cm³/mol. The van der Waals surface area contributed by atoms with Gasteiger partial charge in [-0.3, -0.25) is 5.41 Å². The van der Waals surface area contributed by atoms with Crippen LogP contribution in [0.1, 0.15) is 39.5 Å². The molecule has 0 saturated carbocycles. The Bertz CT molecular complexity index is 172. The molecule has 4 nitrogen and oxygen atoms in total. The first-order chi connectivity index (χ1) is 6.25. The van der Waals surface area contributed by atoms with Gasteiger partial charge in [-0.1, -0.05) is 31.8 Å². The third-order valence-corrected chi connectivity index (χ3v) is 2.37. The number of hydrogen-bond donors (Lipinski definition) is 2. The summed E-state index contributed by atoms with van der Waals surface area (Å²) < 4.78 is 0. The fourth-order valence-electron chi connectivity index (χ4n) is 1.36. The molecule has 0 radical (unpaired) electrons. The lowest BCUT2D eigenvalue weighted by Gasteiger charge is -2.15.